The van der Waals surface area contributed by atoms with Crippen LogP contribution in [0.3, 0.4) is 0 Å². The molecule has 2 aromatic rings. The molecule has 0 amide bonds. The van der Waals surface area contributed by atoms with Crippen molar-refractivity contribution in [1.82, 2.24) is 14.9 Å². The second kappa shape index (κ2) is 6.50. The van der Waals surface area contributed by atoms with E-state index in [2.05, 4.69) is 49.2 Å². The molecule has 0 spiro atoms. The lowest BCUT2D eigenvalue weighted by Gasteiger charge is -2.18. The third-order valence-electron chi connectivity index (χ3n) is 2.93. The van der Waals surface area contributed by atoms with E-state index in [1.54, 1.807) is 11.3 Å². The normalized spacial score (nSPS) is 12.8. The molecule has 18 heavy (non-hydrogen) atoms. The Labute approximate surface area is 120 Å². The Balaban J connectivity index is 2.15. The smallest absolute Gasteiger partial charge is 0.0946 e. The molecule has 0 aliphatic carbocycles. The molecular weight excluding hydrogens is 310 g/mol. The Kier molecular flexibility index (Phi) is 4.97. The largest absolute Gasteiger partial charge is 0.336 e. The fourth-order valence-electron chi connectivity index (χ4n) is 1.96. The first-order chi connectivity index (χ1) is 8.72. The number of aryl methyl sites for hydroxylation is 1. The van der Waals surface area contributed by atoms with Gasteiger partial charge in [-0.3, -0.25) is 0 Å². The molecule has 0 fully saturated rings. The Bertz CT molecular complexity index is 492. The highest BCUT2D eigenvalue weighted by Gasteiger charge is 2.16. The predicted octanol–water partition coefficient (Wildman–Crippen LogP) is 3.53. The molecule has 0 saturated heterocycles. The van der Waals surface area contributed by atoms with E-state index in [1.165, 1.54) is 15.0 Å². The van der Waals surface area contributed by atoms with Crippen LogP contribution in [0, 0.1) is 0 Å². The number of nitrogens with zero attached hydrogens (tertiary/aromatic N) is 2. The lowest BCUT2D eigenvalue weighted by molar-refractivity contribution is 0.506. The minimum atomic E-state index is 0.326. The second-order valence-corrected chi connectivity index (χ2v) is 6.19. The number of halogens is 1. The van der Waals surface area contributed by atoms with Crippen LogP contribution in [0.15, 0.2) is 28.4 Å². The summed E-state index contributed by atoms with van der Waals surface area (Å²) in [5.41, 5.74) is 1.24. The van der Waals surface area contributed by atoms with Crippen LogP contribution in [0.25, 0.3) is 0 Å². The summed E-state index contributed by atoms with van der Waals surface area (Å²) >= 11 is 5.40. The fraction of sp³-hybridized carbons (Fsp3) is 0.462. The van der Waals surface area contributed by atoms with Crippen molar-refractivity contribution in [3.05, 3.63) is 39.0 Å². The molecule has 5 heteroatoms. The van der Waals surface area contributed by atoms with Crippen molar-refractivity contribution in [3.8, 4) is 0 Å². The van der Waals surface area contributed by atoms with Gasteiger partial charge in [0.2, 0.25) is 0 Å². The third-order valence-corrected chi connectivity index (χ3v) is 4.88. The first kappa shape index (κ1) is 13.8. The lowest BCUT2D eigenvalue weighted by Crippen LogP contribution is -2.25. The molecule has 1 atom stereocenters. The molecule has 0 bridgehead atoms. The van der Waals surface area contributed by atoms with Crippen molar-refractivity contribution in [1.29, 1.82) is 0 Å². The average molecular weight is 328 g/mol. The topological polar surface area (TPSA) is 29.9 Å². The standard InChI is InChI=1S/C13H18BrN3S/c1-3-5-16-11(12-8-15-9-17(12)2)7-13-10(14)4-6-18-13/h4,6,8-9,11,16H,3,5,7H2,1-2H3. The van der Waals surface area contributed by atoms with Crippen molar-refractivity contribution >= 4 is 27.3 Å². The first-order valence-electron chi connectivity index (χ1n) is 6.13. The van der Waals surface area contributed by atoms with Gasteiger partial charge >= 0.3 is 0 Å². The summed E-state index contributed by atoms with van der Waals surface area (Å²) in [5.74, 6) is 0. The third kappa shape index (κ3) is 3.22. The molecular formula is C13H18BrN3S. The van der Waals surface area contributed by atoms with Gasteiger partial charge in [0.25, 0.3) is 0 Å². The van der Waals surface area contributed by atoms with Crippen molar-refractivity contribution in [3.63, 3.8) is 0 Å². The molecule has 0 radical (unpaired) electrons. The van der Waals surface area contributed by atoms with Crippen molar-refractivity contribution in [2.24, 2.45) is 7.05 Å². The van der Waals surface area contributed by atoms with Crippen LogP contribution in [0.4, 0.5) is 0 Å². The predicted molar refractivity (Wildman–Crippen MR) is 80.0 cm³/mol. The molecule has 98 valence electrons. The Morgan fingerprint density at radius 1 is 1.56 bits per heavy atom. The first-order valence-corrected chi connectivity index (χ1v) is 7.81. The van der Waals surface area contributed by atoms with Gasteiger partial charge in [-0.25, -0.2) is 4.98 Å². The van der Waals surface area contributed by atoms with Gasteiger partial charge in [-0.2, -0.15) is 0 Å². The summed E-state index contributed by atoms with van der Waals surface area (Å²) in [6, 6.07) is 2.44. The minimum absolute atomic E-state index is 0.326. The van der Waals surface area contributed by atoms with E-state index in [0.29, 0.717) is 6.04 Å². The second-order valence-electron chi connectivity index (χ2n) is 4.33. The van der Waals surface area contributed by atoms with Crippen LogP contribution < -0.4 is 5.32 Å². The molecule has 0 aliphatic rings. The SMILES string of the molecule is CCCNC(Cc1sccc1Br)c1cncn1C. The van der Waals surface area contributed by atoms with E-state index in [1.807, 2.05) is 19.6 Å². The van der Waals surface area contributed by atoms with Gasteiger partial charge in [0.15, 0.2) is 0 Å². The van der Waals surface area contributed by atoms with E-state index in [4.69, 9.17) is 0 Å². The molecule has 1 N–H and O–H groups in total. The summed E-state index contributed by atoms with van der Waals surface area (Å²) in [6.07, 6.45) is 5.95. The van der Waals surface area contributed by atoms with Gasteiger partial charge in [0, 0.05) is 29.0 Å². The van der Waals surface area contributed by atoms with Crippen LogP contribution >= 0.6 is 27.3 Å². The van der Waals surface area contributed by atoms with Crippen LogP contribution in [0.5, 0.6) is 0 Å². The van der Waals surface area contributed by atoms with Crippen LogP contribution in [-0.4, -0.2) is 16.1 Å². The molecule has 0 aliphatic heterocycles. The van der Waals surface area contributed by atoms with Gasteiger partial charge in [-0.15, -0.1) is 11.3 Å². The molecule has 0 aromatic carbocycles. The highest BCUT2D eigenvalue weighted by molar-refractivity contribution is 9.10. The van der Waals surface area contributed by atoms with E-state index >= 15 is 0 Å². The number of imidazole rings is 1. The Hall–Kier alpha value is -0.650. The van der Waals surface area contributed by atoms with E-state index in [9.17, 15) is 0 Å². The zero-order chi connectivity index (χ0) is 13.0. The number of rotatable bonds is 6. The Morgan fingerprint density at radius 3 is 2.94 bits per heavy atom. The van der Waals surface area contributed by atoms with E-state index in [0.717, 1.165) is 19.4 Å². The van der Waals surface area contributed by atoms with Gasteiger partial charge in [0.05, 0.1) is 18.1 Å². The highest BCUT2D eigenvalue weighted by atomic mass is 79.9. The number of aromatic nitrogens is 2. The van der Waals surface area contributed by atoms with Crippen molar-refractivity contribution < 1.29 is 0 Å². The summed E-state index contributed by atoms with van der Waals surface area (Å²) in [4.78, 5) is 5.60. The maximum absolute atomic E-state index is 4.22. The van der Waals surface area contributed by atoms with Crippen LogP contribution in [0.2, 0.25) is 0 Å². The quantitative estimate of drug-likeness (QED) is 0.879. The monoisotopic (exact) mass is 327 g/mol. The summed E-state index contributed by atoms with van der Waals surface area (Å²) < 4.78 is 3.30. The molecule has 2 aromatic heterocycles. The van der Waals surface area contributed by atoms with Gasteiger partial charge in [0.1, 0.15) is 0 Å². The number of thiophene rings is 1. The number of nitrogens with one attached hydrogen (secondary N) is 1. The Morgan fingerprint density at radius 2 is 2.39 bits per heavy atom. The fourth-order valence-corrected chi connectivity index (χ4v) is 3.52. The average Bonchev–Trinajstić information content (AvgIpc) is 2.94. The number of hydrogen-bond acceptors (Lipinski definition) is 3. The summed E-state index contributed by atoms with van der Waals surface area (Å²) in [7, 11) is 2.05. The summed E-state index contributed by atoms with van der Waals surface area (Å²) in [5, 5.41) is 5.73. The molecule has 0 saturated carbocycles. The van der Waals surface area contributed by atoms with Gasteiger partial charge in [-0.05, 0) is 40.3 Å². The number of hydrogen-bond donors (Lipinski definition) is 1. The molecule has 1 unspecified atom stereocenters. The van der Waals surface area contributed by atoms with E-state index in [-0.39, 0.29) is 0 Å². The van der Waals surface area contributed by atoms with Crippen molar-refractivity contribution in [2.45, 2.75) is 25.8 Å². The zero-order valence-corrected chi connectivity index (χ0v) is 13.1. The van der Waals surface area contributed by atoms with Crippen LogP contribution in [0.1, 0.15) is 30.0 Å². The van der Waals surface area contributed by atoms with Crippen LogP contribution in [-0.2, 0) is 13.5 Å². The maximum Gasteiger partial charge on any atom is 0.0946 e. The molecule has 2 rings (SSSR count). The van der Waals surface area contributed by atoms with Crippen molar-refractivity contribution in [2.75, 3.05) is 6.54 Å². The highest BCUT2D eigenvalue weighted by Crippen LogP contribution is 2.28. The lowest BCUT2D eigenvalue weighted by atomic mass is 10.1. The van der Waals surface area contributed by atoms with Gasteiger partial charge in [-0.1, -0.05) is 6.92 Å². The van der Waals surface area contributed by atoms with E-state index < -0.39 is 0 Å². The minimum Gasteiger partial charge on any atom is -0.336 e. The summed E-state index contributed by atoms with van der Waals surface area (Å²) in [6.45, 7) is 3.22. The van der Waals surface area contributed by atoms with Gasteiger partial charge < -0.3 is 9.88 Å². The molecule has 3 nitrogen and oxygen atoms in total. The maximum atomic E-state index is 4.22. The zero-order valence-electron chi connectivity index (χ0n) is 10.7. The molecule has 2 heterocycles.